The lowest BCUT2D eigenvalue weighted by molar-refractivity contribution is 0.0948. The molecular weight excluding hydrogens is 280 g/mol. The van der Waals surface area contributed by atoms with Gasteiger partial charge in [0.2, 0.25) is 0 Å². The van der Waals surface area contributed by atoms with Crippen molar-refractivity contribution < 1.29 is 9.32 Å². The third kappa shape index (κ3) is 3.22. The van der Waals surface area contributed by atoms with Crippen LogP contribution >= 0.6 is 0 Å². The number of rotatable bonds is 5. The molecule has 22 heavy (non-hydrogen) atoms. The van der Waals surface area contributed by atoms with Crippen LogP contribution in [0.2, 0.25) is 0 Å². The summed E-state index contributed by atoms with van der Waals surface area (Å²) in [7, 11) is 0. The van der Waals surface area contributed by atoms with E-state index in [1.807, 2.05) is 43.3 Å². The number of aryl methyl sites for hydroxylation is 1. The summed E-state index contributed by atoms with van der Waals surface area (Å²) >= 11 is 0. The van der Waals surface area contributed by atoms with E-state index < -0.39 is 0 Å². The summed E-state index contributed by atoms with van der Waals surface area (Å²) in [6.45, 7) is 2.34. The Morgan fingerprint density at radius 2 is 2.09 bits per heavy atom. The molecule has 0 bridgehead atoms. The Morgan fingerprint density at radius 3 is 2.82 bits per heavy atom. The number of carbonyl (C=O) groups excluding carboxylic acids is 1. The normalized spacial score (nSPS) is 10.6. The number of hydrogen-bond acceptors (Lipinski definition) is 4. The quantitative estimate of drug-likeness (QED) is 0.757. The summed E-state index contributed by atoms with van der Waals surface area (Å²) in [6, 6.07) is 13.3. The topological polar surface area (TPSA) is 83.8 Å². The lowest BCUT2D eigenvalue weighted by atomic mass is 10.1. The van der Waals surface area contributed by atoms with Gasteiger partial charge < -0.3 is 9.84 Å². The van der Waals surface area contributed by atoms with Gasteiger partial charge in [-0.25, -0.2) is 0 Å². The summed E-state index contributed by atoms with van der Waals surface area (Å²) in [5.41, 5.74) is 2.99. The van der Waals surface area contributed by atoms with Crippen molar-refractivity contribution in [3.63, 3.8) is 0 Å². The molecule has 0 fully saturated rings. The molecule has 2 N–H and O–H groups in total. The molecule has 0 saturated carbocycles. The summed E-state index contributed by atoms with van der Waals surface area (Å²) in [5.74, 6) is 0.568. The first-order chi connectivity index (χ1) is 10.7. The van der Waals surface area contributed by atoms with Gasteiger partial charge in [-0.2, -0.15) is 5.10 Å². The zero-order chi connectivity index (χ0) is 15.4. The Labute approximate surface area is 127 Å². The molecule has 6 heteroatoms. The van der Waals surface area contributed by atoms with Crippen molar-refractivity contribution in [1.29, 1.82) is 0 Å². The van der Waals surface area contributed by atoms with Crippen molar-refractivity contribution in [2.75, 3.05) is 6.54 Å². The monoisotopic (exact) mass is 296 g/mol. The molecule has 3 rings (SSSR count). The van der Waals surface area contributed by atoms with E-state index in [0.29, 0.717) is 18.7 Å². The molecule has 0 aliphatic heterocycles. The maximum absolute atomic E-state index is 12.1. The minimum Gasteiger partial charge on any atom is -0.361 e. The van der Waals surface area contributed by atoms with Crippen molar-refractivity contribution in [2.45, 2.75) is 13.3 Å². The van der Waals surface area contributed by atoms with E-state index in [9.17, 15) is 4.79 Å². The molecule has 0 unspecified atom stereocenters. The molecule has 0 spiro atoms. The number of nitrogens with zero attached hydrogens (tertiary/aromatic N) is 2. The second kappa shape index (κ2) is 6.26. The minimum absolute atomic E-state index is 0.189. The van der Waals surface area contributed by atoms with Crippen LogP contribution in [0, 0.1) is 6.92 Å². The Balaban J connectivity index is 1.58. The van der Waals surface area contributed by atoms with Gasteiger partial charge in [0.15, 0.2) is 0 Å². The molecule has 0 radical (unpaired) electrons. The first-order valence-corrected chi connectivity index (χ1v) is 7.03. The number of H-pyrrole nitrogens is 1. The Bertz CT molecular complexity index is 761. The molecule has 1 aromatic carbocycles. The van der Waals surface area contributed by atoms with E-state index in [0.717, 1.165) is 22.7 Å². The zero-order valence-electron chi connectivity index (χ0n) is 12.2. The van der Waals surface area contributed by atoms with Gasteiger partial charge in [-0.3, -0.25) is 9.89 Å². The fourth-order valence-corrected chi connectivity index (χ4v) is 2.12. The molecule has 3 aromatic rings. The lowest BCUT2D eigenvalue weighted by Gasteiger charge is -2.00. The van der Waals surface area contributed by atoms with Crippen molar-refractivity contribution >= 4 is 5.91 Å². The fraction of sp³-hybridized carbons (Fsp3) is 0.188. The van der Waals surface area contributed by atoms with Crippen molar-refractivity contribution in [3.8, 4) is 11.3 Å². The fourth-order valence-electron chi connectivity index (χ4n) is 2.12. The molecule has 0 saturated heterocycles. The average Bonchev–Trinajstić information content (AvgIpc) is 3.17. The van der Waals surface area contributed by atoms with Gasteiger partial charge in [0.05, 0.1) is 11.4 Å². The number of nitrogens with one attached hydrogen (secondary N) is 2. The molecule has 0 atom stereocenters. The minimum atomic E-state index is -0.189. The van der Waals surface area contributed by atoms with E-state index >= 15 is 0 Å². The molecule has 1 amide bonds. The molecule has 6 nitrogen and oxygen atoms in total. The van der Waals surface area contributed by atoms with Crippen LogP contribution in [0.3, 0.4) is 0 Å². The van der Waals surface area contributed by atoms with Gasteiger partial charge in [0, 0.05) is 24.6 Å². The molecular formula is C16H16N4O2. The molecule has 2 aromatic heterocycles. The highest BCUT2D eigenvalue weighted by molar-refractivity contribution is 5.93. The van der Waals surface area contributed by atoms with Crippen LogP contribution < -0.4 is 5.32 Å². The summed E-state index contributed by atoms with van der Waals surface area (Å²) < 4.78 is 5.09. The standard InChI is InChI=1S/C16H16N4O2/c1-11-9-13(22-20-11)7-8-17-16(21)15-10-14(18-19-15)12-5-3-2-4-6-12/h2-6,9-10H,7-8H2,1H3,(H,17,21)(H,18,19). The molecule has 2 heterocycles. The van der Waals surface area contributed by atoms with Gasteiger partial charge in [-0.05, 0) is 13.0 Å². The van der Waals surface area contributed by atoms with E-state index in [-0.39, 0.29) is 5.91 Å². The van der Waals surface area contributed by atoms with Gasteiger partial charge in [0.25, 0.3) is 5.91 Å². The highest BCUT2D eigenvalue weighted by Gasteiger charge is 2.11. The summed E-state index contributed by atoms with van der Waals surface area (Å²) in [5, 5.41) is 13.6. The zero-order valence-corrected chi connectivity index (χ0v) is 12.2. The number of aromatic nitrogens is 3. The van der Waals surface area contributed by atoms with Crippen molar-refractivity contribution in [2.24, 2.45) is 0 Å². The van der Waals surface area contributed by atoms with Gasteiger partial charge in [-0.15, -0.1) is 0 Å². The number of hydrogen-bond donors (Lipinski definition) is 2. The van der Waals surface area contributed by atoms with Crippen LogP contribution in [0.25, 0.3) is 11.3 Å². The lowest BCUT2D eigenvalue weighted by Crippen LogP contribution is -2.25. The second-order valence-corrected chi connectivity index (χ2v) is 4.97. The van der Waals surface area contributed by atoms with Crippen LogP contribution in [0.1, 0.15) is 21.9 Å². The van der Waals surface area contributed by atoms with Crippen molar-refractivity contribution in [3.05, 3.63) is 59.6 Å². The smallest absolute Gasteiger partial charge is 0.269 e. The summed E-state index contributed by atoms with van der Waals surface area (Å²) in [4.78, 5) is 12.1. The highest BCUT2D eigenvalue weighted by atomic mass is 16.5. The molecule has 0 aliphatic carbocycles. The third-order valence-corrected chi connectivity index (χ3v) is 3.23. The van der Waals surface area contributed by atoms with E-state index in [2.05, 4.69) is 20.7 Å². The maximum atomic E-state index is 12.1. The Morgan fingerprint density at radius 1 is 1.27 bits per heavy atom. The SMILES string of the molecule is Cc1cc(CCNC(=O)c2cc(-c3ccccc3)n[nH]2)on1. The number of carbonyl (C=O) groups is 1. The third-order valence-electron chi connectivity index (χ3n) is 3.23. The van der Waals surface area contributed by atoms with Crippen LogP contribution in [-0.2, 0) is 6.42 Å². The van der Waals surface area contributed by atoms with E-state index in [1.165, 1.54) is 0 Å². The number of aromatic amines is 1. The van der Waals surface area contributed by atoms with Crippen LogP contribution in [0.5, 0.6) is 0 Å². The van der Waals surface area contributed by atoms with E-state index in [4.69, 9.17) is 4.52 Å². The predicted molar refractivity (Wildman–Crippen MR) is 81.3 cm³/mol. The Hall–Kier alpha value is -2.89. The van der Waals surface area contributed by atoms with Crippen LogP contribution in [0.4, 0.5) is 0 Å². The van der Waals surface area contributed by atoms with Crippen molar-refractivity contribution in [1.82, 2.24) is 20.7 Å². The first kappa shape index (κ1) is 14.1. The van der Waals surface area contributed by atoms with Gasteiger partial charge in [0.1, 0.15) is 11.5 Å². The largest absolute Gasteiger partial charge is 0.361 e. The predicted octanol–water partition coefficient (Wildman–Crippen LogP) is 2.35. The Kier molecular flexibility index (Phi) is 4.00. The van der Waals surface area contributed by atoms with Crippen LogP contribution in [-0.4, -0.2) is 27.8 Å². The number of benzene rings is 1. The van der Waals surface area contributed by atoms with Crippen LogP contribution in [0.15, 0.2) is 47.0 Å². The molecule has 112 valence electrons. The van der Waals surface area contributed by atoms with Gasteiger partial charge >= 0.3 is 0 Å². The average molecular weight is 296 g/mol. The number of amides is 1. The maximum Gasteiger partial charge on any atom is 0.269 e. The summed E-state index contributed by atoms with van der Waals surface area (Å²) in [6.07, 6.45) is 0.603. The molecule has 0 aliphatic rings. The highest BCUT2D eigenvalue weighted by Crippen LogP contribution is 2.16. The van der Waals surface area contributed by atoms with E-state index in [1.54, 1.807) is 6.07 Å². The second-order valence-electron chi connectivity index (χ2n) is 4.97. The van der Waals surface area contributed by atoms with Gasteiger partial charge in [-0.1, -0.05) is 35.5 Å². The first-order valence-electron chi connectivity index (χ1n) is 7.03.